The standard InChI is InChI=1S/C13H19N3O4/c1-9-5-10(11(19-2)14-6-9)15-12(18)16-13(7-17)3-4-20-8-13/h5-6,17H,3-4,7-8H2,1-2H3,(H2,15,16,18). The summed E-state index contributed by atoms with van der Waals surface area (Å²) in [7, 11) is 1.49. The van der Waals surface area contributed by atoms with Crippen LogP contribution in [0, 0.1) is 6.92 Å². The number of ether oxygens (including phenoxy) is 2. The van der Waals surface area contributed by atoms with Crippen LogP contribution in [0.4, 0.5) is 10.5 Å². The molecule has 0 aliphatic carbocycles. The number of urea groups is 1. The average Bonchev–Trinajstić information content (AvgIpc) is 2.88. The quantitative estimate of drug-likeness (QED) is 0.754. The van der Waals surface area contributed by atoms with Gasteiger partial charge in [0.25, 0.3) is 0 Å². The second kappa shape index (κ2) is 6.06. The SMILES string of the molecule is COc1ncc(C)cc1NC(=O)NC1(CO)CCOC1. The van der Waals surface area contributed by atoms with E-state index in [0.29, 0.717) is 31.2 Å². The Hall–Kier alpha value is -1.86. The van der Waals surface area contributed by atoms with E-state index >= 15 is 0 Å². The zero-order valence-corrected chi connectivity index (χ0v) is 11.6. The van der Waals surface area contributed by atoms with Crippen molar-refractivity contribution in [2.75, 3.05) is 32.2 Å². The summed E-state index contributed by atoms with van der Waals surface area (Å²) in [5, 5.41) is 14.9. The van der Waals surface area contributed by atoms with Crippen LogP contribution in [0.15, 0.2) is 12.3 Å². The molecule has 1 aliphatic heterocycles. The van der Waals surface area contributed by atoms with Crippen molar-refractivity contribution < 1.29 is 19.4 Å². The highest BCUT2D eigenvalue weighted by Gasteiger charge is 2.36. The van der Waals surface area contributed by atoms with E-state index < -0.39 is 11.6 Å². The van der Waals surface area contributed by atoms with Crippen LogP contribution in [-0.4, -0.2) is 48.6 Å². The molecule has 1 saturated heterocycles. The molecule has 7 nitrogen and oxygen atoms in total. The van der Waals surface area contributed by atoms with Gasteiger partial charge in [-0.25, -0.2) is 9.78 Å². The van der Waals surface area contributed by atoms with Crippen molar-refractivity contribution in [3.63, 3.8) is 0 Å². The van der Waals surface area contributed by atoms with E-state index in [2.05, 4.69) is 15.6 Å². The maximum Gasteiger partial charge on any atom is 0.319 e. The molecule has 1 aromatic heterocycles. The molecule has 2 heterocycles. The molecule has 20 heavy (non-hydrogen) atoms. The van der Waals surface area contributed by atoms with Gasteiger partial charge in [0.15, 0.2) is 0 Å². The molecule has 7 heteroatoms. The fraction of sp³-hybridized carbons (Fsp3) is 0.538. The fourth-order valence-electron chi connectivity index (χ4n) is 2.07. The fourth-order valence-corrected chi connectivity index (χ4v) is 2.07. The first kappa shape index (κ1) is 14.5. The Kier molecular flexibility index (Phi) is 4.41. The van der Waals surface area contributed by atoms with E-state index in [1.807, 2.05) is 6.92 Å². The summed E-state index contributed by atoms with van der Waals surface area (Å²) in [4.78, 5) is 16.1. The molecular weight excluding hydrogens is 262 g/mol. The molecule has 2 amide bonds. The van der Waals surface area contributed by atoms with Crippen LogP contribution in [-0.2, 0) is 4.74 Å². The number of carbonyl (C=O) groups excluding carboxylic acids is 1. The number of aliphatic hydroxyl groups is 1. The highest BCUT2D eigenvalue weighted by Crippen LogP contribution is 2.23. The van der Waals surface area contributed by atoms with Crippen molar-refractivity contribution in [3.8, 4) is 5.88 Å². The van der Waals surface area contributed by atoms with E-state index in [0.717, 1.165) is 5.56 Å². The van der Waals surface area contributed by atoms with Gasteiger partial charge < -0.3 is 25.2 Å². The third-order valence-corrected chi connectivity index (χ3v) is 3.21. The van der Waals surface area contributed by atoms with Gasteiger partial charge in [-0.3, -0.25) is 0 Å². The summed E-state index contributed by atoms with van der Waals surface area (Å²) >= 11 is 0. The molecule has 1 aliphatic rings. The van der Waals surface area contributed by atoms with Crippen LogP contribution < -0.4 is 15.4 Å². The van der Waals surface area contributed by atoms with E-state index in [9.17, 15) is 9.90 Å². The van der Waals surface area contributed by atoms with Crippen LogP contribution in [0.1, 0.15) is 12.0 Å². The Morgan fingerprint density at radius 3 is 3.05 bits per heavy atom. The summed E-state index contributed by atoms with van der Waals surface area (Å²) in [6, 6.07) is 1.34. The van der Waals surface area contributed by atoms with E-state index in [1.165, 1.54) is 7.11 Å². The molecule has 3 N–H and O–H groups in total. The maximum atomic E-state index is 12.0. The van der Waals surface area contributed by atoms with Gasteiger partial charge in [-0.15, -0.1) is 0 Å². The number of methoxy groups -OCH3 is 1. The average molecular weight is 281 g/mol. The Balaban J connectivity index is 2.06. The van der Waals surface area contributed by atoms with Gasteiger partial charge in [-0.05, 0) is 25.0 Å². The lowest BCUT2D eigenvalue weighted by Gasteiger charge is -2.26. The monoisotopic (exact) mass is 281 g/mol. The molecule has 2 rings (SSSR count). The summed E-state index contributed by atoms with van der Waals surface area (Å²) < 4.78 is 10.3. The van der Waals surface area contributed by atoms with Gasteiger partial charge >= 0.3 is 6.03 Å². The number of aromatic nitrogens is 1. The Morgan fingerprint density at radius 1 is 1.65 bits per heavy atom. The Bertz CT molecular complexity index is 487. The number of hydrogen-bond acceptors (Lipinski definition) is 5. The molecule has 0 saturated carbocycles. The van der Waals surface area contributed by atoms with Gasteiger partial charge in [0.1, 0.15) is 5.69 Å². The molecule has 1 atom stereocenters. The molecule has 0 aromatic carbocycles. The first-order valence-electron chi connectivity index (χ1n) is 6.37. The van der Waals surface area contributed by atoms with Crippen molar-refractivity contribution in [2.45, 2.75) is 18.9 Å². The van der Waals surface area contributed by atoms with E-state index in [1.54, 1.807) is 12.3 Å². The first-order valence-corrected chi connectivity index (χ1v) is 6.37. The third kappa shape index (κ3) is 3.17. The molecule has 0 spiro atoms. The number of carbonyl (C=O) groups is 1. The van der Waals surface area contributed by atoms with Crippen molar-refractivity contribution in [2.24, 2.45) is 0 Å². The lowest BCUT2D eigenvalue weighted by Crippen LogP contribution is -2.53. The number of aryl methyl sites for hydroxylation is 1. The molecule has 110 valence electrons. The number of anilines is 1. The molecule has 1 aromatic rings. The van der Waals surface area contributed by atoms with Gasteiger partial charge in [0, 0.05) is 12.8 Å². The third-order valence-electron chi connectivity index (χ3n) is 3.21. The van der Waals surface area contributed by atoms with Crippen LogP contribution in [0.5, 0.6) is 5.88 Å². The smallest absolute Gasteiger partial charge is 0.319 e. The van der Waals surface area contributed by atoms with Crippen molar-refractivity contribution in [3.05, 3.63) is 17.8 Å². The number of amides is 2. The number of hydrogen-bond donors (Lipinski definition) is 3. The number of aliphatic hydroxyl groups excluding tert-OH is 1. The maximum absolute atomic E-state index is 12.0. The normalized spacial score (nSPS) is 21.6. The van der Waals surface area contributed by atoms with Gasteiger partial charge in [0.05, 0.1) is 25.9 Å². The number of rotatable bonds is 4. The second-order valence-corrected chi connectivity index (χ2v) is 4.89. The largest absolute Gasteiger partial charge is 0.480 e. The van der Waals surface area contributed by atoms with Crippen molar-refractivity contribution in [1.82, 2.24) is 10.3 Å². The zero-order valence-electron chi connectivity index (χ0n) is 11.6. The predicted molar refractivity (Wildman–Crippen MR) is 72.9 cm³/mol. The van der Waals surface area contributed by atoms with Crippen molar-refractivity contribution in [1.29, 1.82) is 0 Å². The summed E-state index contributed by atoms with van der Waals surface area (Å²) in [5.41, 5.74) is 0.674. The minimum Gasteiger partial charge on any atom is -0.480 e. The number of nitrogens with zero attached hydrogens (tertiary/aromatic N) is 1. The zero-order chi connectivity index (χ0) is 14.6. The predicted octanol–water partition coefficient (Wildman–Crippen LogP) is 0.672. The first-order chi connectivity index (χ1) is 9.58. The van der Waals surface area contributed by atoms with Crippen LogP contribution in [0.3, 0.4) is 0 Å². The van der Waals surface area contributed by atoms with Gasteiger partial charge in [-0.2, -0.15) is 0 Å². The van der Waals surface area contributed by atoms with Crippen LogP contribution in [0.2, 0.25) is 0 Å². The molecule has 1 fully saturated rings. The summed E-state index contributed by atoms with van der Waals surface area (Å²) in [6.45, 7) is 2.54. The topological polar surface area (TPSA) is 92.7 Å². The molecule has 0 bridgehead atoms. The van der Waals surface area contributed by atoms with Crippen molar-refractivity contribution >= 4 is 11.7 Å². The number of pyridine rings is 1. The Labute approximate surface area is 117 Å². The van der Waals surface area contributed by atoms with Crippen LogP contribution in [0.25, 0.3) is 0 Å². The van der Waals surface area contributed by atoms with E-state index in [-0.39, 0.29) is 6.61 Å². The minimum atomic E-state index is -0.714. The molecule has 0 radical (unpaired) electrons. The van der Waals surface area contributed by atoms with Gasteiger partial charge in [0.2, 0.25) is 5.88 Å². The van der Waals surface area contributed by atoms with E-state index in [4.69, 9.17) is 9.47 Å². The highest BCUT2D eigenvalue weighted by atomic mass is 16.5. The number of nitrogens with one attached hydrogen (secondary N) is 2. The minimum absolute atomic E-state index is 0.163. The van der Waals surface area contributed by atoms with Crippen LogP contribution >= 0.6 is 0 Å². The lowest BCUT2D eigenvalue weighted by molar-refractivity contribution is 0.126. The van der Waals surface area contributed by atoms with Gasteiger partial charge in [-0.1, -0.05) is 0 Å². The molecular formula is C13H19N3O4. The summed E-state index contributed by atoms with van der Waals surface area (Å²) in [5.74, 6) is 0.339. The lowest BCUT2D eigenvalue weighted by atomic mass is 10.0. The second-order valence-electron chi connectivity index (χ2n) is 4.89. The Morgan fingerprint density at radius 2 is 2.45 bits per heavy atom. The summed E-state index contributed by atoms with van der Waals surface area (Å²) in [6.07, 6.45) is 2.24. The molecule has 1 unspecified atom stereocenters. The highest BCUT2D eigenvalue weighted by molar-refractivity contribution is 5.91.